The van der Waals surface area contributed by atoms with Gasteiger partial charge in [0.1, 0.15) is 5.25 Å². The lowest BCUT2D eigenvalue weighted by molar-refractivity contribution is -0.121. The van der Waals surface area contributed by atoms with E-state index in [4.69, 9.17) is 0 Å². The van der Waals surface area contributed by atoms with E-state index >= 15 is 0 Å². The number of nitrogens with one attached hydrogen (secondary N) is 2. The van der Waals surface area contributed by atoms with E-state index in [2.05, 4.69) is 29.7 Å². The van der Waals surface area contributed by atoms with Gasteiger partial charge >= 0.3 is 0 Å². The van der Waals surface area contributed by atoms with Gasteiger partial charge < -0.3 is 10.6 Å². The molecule has 0 bridgehead atoms. The van der Waals surface area contributed by atoms with E-state index in [1.807, 2.05) is 48.5 Å². The Kier molecular flexibility index (Phi) is 7.82. The third kappa shape index (κ3) is 5.50. The van der Waals surface area contributed by atoms with Gasteiger partial charge in [0.05, 0.1) is 0 Å². The normalized spacial score (nSPS) is 21.0. The van der Waals surface area contributed by atoms with Crippen molar-refractivity contribution < 1.29 is 4.79 Å². The van der Waals surface area contributed by atoms with Crippen LogP contribution in [0.5, 0.6) is 0 Å². The minimum Gasteiger partial charge on any atom is -0.352 e. The Morgan fingerprint density at radius 1 is 1.12 bits per heavy atom. The van der Waals surface area contributed by atoms with Crippen LogP contribution in [0.25, 0.3) is 0 Å². The largest absolute Gasteiger partial charge is 0.352 e. The van der Waals surface area contributed by atoms with Gasteiger partial charge in [0, 0.05) is 10.9 Å². The maximum Gasteiger partial charge on any atom is 0.238 e. The molecule has 2 aromatic rings. The van der Waals surface area contributed by atoms with Crippen LogP contribution >= 0.6 is 24.2 Å². The summed E-state index contributed by atoms with van der Waals surface area (Å²) in [5, 5.41) is 6.44. The van der Waals surface area contributed by atoms with Gasteiger partial charge in [0.15, 0.2) is 0 Å². The van der Waals surface area contributed by atoms with Gasteiger partial charge in [-0.05, 0) is 43.1 Å². The molecule has 3 nitrogen and oxygen atoms in total. The van der Waals surface area contributed by atoms with Gasteiger partial charge in [-0.15, -0.1) is 24.2 Å². The molecule has 134 valence electrons. The average Bonchev–Trinajstić information content (AvgIpc) is 2.63. The predicted molar refractivity (Wildman–Crippen MR) is 107 cm³/mol. The highest BCUT2D eigenvalue weighted by Crippen LogP contribution is 2.35. The van der Waals surface area contributed by atoms with E-state index in [-0.39, 0.29) is 29.6 Å². The Labute approximate surface area is 160 Å². The first kappa shape index (κ1) is 19.8. The quantitative estimate of drug-likeness (QED) is 0.773. The standard InChI is InChI=1S/C20H24N2OS.ClH/c1-15-14-21-13-12-18(15)22-20(23)19(16-8-4-2-5-9-16)24-17-10-6-3-7-11-17;/h2-11,15,18-19,21H,12-14H2,1H3,(H,22,23);1H. The number of halogens is 1. The number of rotatable bonds is 5. The van der Waals surface area contributed by atoms with Crippen molar-refractivity contribution >= 4 is 30.1 Å². The number of hydrogen-bond donors (Lipinski definition) is 2. The van der Waals surface area contributed by atoms with Crippen molar-refractivity contribution in [1.82, 2.24) is 10.6 Å². The van der Waals surface area contributed by atoms with Gasteiger partial charge in [-0.1, -0.05) is 55.5 Å². The van der Waals surface area contributed by atoms with Crippen molar-refractivity contribution in [3.8, 4) is 0 Å². The van der Waals surface area contributed by atoms with E-state index in [9.17, 15) is 4.79 Å². The summed E-state index contributed by atoms with van der Waals surface area (Å²) in [5.41, 5.74) is 1.05. The first-order valence-electron chi connectivity index (χ1n) is 8.52. The Morgan fingerprint density at radius 2 is 1.76 bits per heavy atom. The van der Waals surface area contributed by atoms with E-state index < -0.39 is 0 Å². The van der Waals surface area contributed by atoms with Crippen LogP contribution < -0.4 is 10.6 Å². The molecule has 25 heavy (non-hydrogen) atoms. The lowest BCUT2D eigenvalue weighted by atomic mass is 9.95. The summed E-state index contributed by atoms with van der Waals surface area (Å²) >= 11 is 1.61. The van der Waals surface area contributed by atoms with Crippen LogP contribution in [-0.2, 0) is 4.79 Å². The molecular weight excluding hydrogens is 352 g/mol. The van der Waals surface area contributed by atoms with Crippen LogP contribution in [0.15, 0.2) is 65.6 Å². The number of benzene rings is 2. The average molecular weight is 377 g/mol. The number of thioether (sulfide) groups is 1. The van der Waals surface area contributed by atoms with Gasteiger partial charge in [-0.2, -0.15) is 0 Å². The maximum absolute atomic E-state index is 13.0. The zero-order valence-electron chi connectivity index (χ0n) is 14.4. The zero-order chi connectivity index (χ0) is 16.8. The van der Waals surface area contributed by atoms with Crippen LogP contribution in [-0.4, -0.2) is 25.0 Å². The first-order chi connectivity index (χ1) is 11.7. The van der Waals surface area contributed by atoms with Crippen LogP contribution in [0.4, 0.5) is 0 Å². The van der Waals surface area contributed by atoms with E-state index in [1.54, 1.807) is 11.8 Å². The minimum absolute atomic E-state index is 0. The van der Waals surface area contributed by atoms with Crippen LogP contribution in [0, 0.1) is 5.92 Å². The highest BCUT2D eigenvalue weighted by molar-refractivity contribution is 8.00. The monoisotopic (exact) mass is 376 g/mol. The third-order valence-electron chi connectivity index (χ3n) is 4.45. The lowest BCUT2D eigenvalue weighted by Crippen LogP contribution is -2.49. The fraction of sp³-hybridized carbons (Fsp3) is 0.350. The molecule has 1 aliphatic heterocycles. The topological polar surface area (TPSA) is 41.1 Å². The SMILES string of the molecule is CC1CNCCC1NC(=O)C(Sc1ccccc1)c1ccccc1.Cl. The first-order valence-corrected chi connectivity index (χ1v) is 9.40. The molecule has 3 atom stereocenters. The number of carbonyl (C=O) groups excluding carboxylic acids is 1. The highest BCUT2D eigenvalue weighted by atomic mass is 35.5. The molecule has 0 aliphatic carbocycles. The number of hydrogen-bond acceptors (Lipinski definition) is 3. The van der Waals surface area contributed by atoms with E-state index in [0.717, 1.165) is 30.0 Å². The van der Waals surface area contributed by atoms with Gasteiger partial charge in [-0.25, -0.2) is 0 Å². The van der Waals surface area contributed by atoms with Crippen LogP contribution in [0.3, 0.4) is 0 Å². The summed E-state index contributed by atoms with van der Waals surface area (Å²) in [6, 6.07) is 20.4. The summed E-state index contributed by atoms with van der Waals surface area (Å²) in [4.78, 5) is 14.1. The second-order valence-electron chi connectivity index (χ2n) is 6.31. The van der Waals surface area contributed by atoms with Gasteiger partial charge in [0.2, 0.25) is 5.91 Å². The number of amides is 1. The van der Waals surface area contributed by atoms with Crippen LogP contribution in [0.1, 0.15) is 24.2 Å². The second-order valence-corrected chi connectivity index (χ2v) is 7.49. The predicted octanol–water partition coefficient (Wildman–Crippen LogP) is 4.06. The molecule has 1 aliphatic rings. The second kappa shape index (κ2) is 9.85. The number of piperidine rings is 1. The molecule has 5 heteroatoms. The smallest absolute Gasteiger partial charge is 0.238 e. The Balaban J connectivity index is 0.00000225. The Hall–Kier alpha value is -1.49. The van der Waals surface area contributed by atoms with Gasteiger partial charge in [-0.3, -0.25) is 4.79 Å². The molecule has 3 rings (SSSR count). The fourth-order valence-electron chi connectivity index (χ4n) is 3.02. The molecule has 1 amide bonds. The summed E-state index contributed by atoms with van der Waals surface area (Å²) in [6.45, 7) is 4.13. The molecular formula is C20H25ClN2OS. The molecule has 1 heterocycles. The van der Waals surface area contributed by atoms with E-state index in [0.29, 0.717) is 5.92 Å². The zero-order valence-corrected chi connectivity index (χ0v) is 16.0. The third-order valence-corrected chi connectivity index (χ3v) is 5.72. The Morgan fingerprint density at radius 3 is 2.40 bits per heavy atom. The van der Waals surface area contributed by atoms with Crippen molar-refractivity contribution in [2.75, 3.05) is 13.1 Å². The van der Waals surface area contributed by atoms with Gasteiger partial charge in [0.25, 0.3) is 0 Å². The molecule has 1 fully saturated rings. The molecule has 0 spiro atoms. The minimum atomic E-state index is -0.226. The Bertz CT molecular complexity index is 653. The van der Waals surface area contributed by atoms with Crippen molar-refractivity contribution in [1.29, 1.82) is 0 Å². The summed E-state index contributed by atoms with van der Waals surface area (Å²) < 4.78 is 0. The molecule has 3 unspecified atom stereocenters. The van der Waals surface area contributed by atoms with E-state index in [1.165, 1.54) is 0 Å². The summed E-state index contributed by atoms with van der Waals surface area (Å²) in [7, 11) is 0. The van der Waals surface area contributed by atoms with Crippen molar-refractivity contribution in [3.05, 3.63) is 66.2 Å². The van der Waals surface area contributed by atoms with Crippen molar-refractivity contribution in [2.24, 2.45) is 5.92 Å². The molecule has 0 aromatic heterocycles. The fourth-order valence-corrected chi connectivity index (χ4v) is 4.08. The van der Waals surface area contributed by atoms with Crippen molar-refractivity contribution in [2.45, 2.75) is 29.5 Å². The molecule has 0 saturated carbocycles. The number of carbonyl (C=O) groups is 1. The molecule has 1 saturated heterocycles. The van der Waals surface area contributed by atoms with Crippen molar-refractivity contribution in [3.63, 3.8) is 0 Å². The molecule has 2 N–H and O–H groups in total. The highest BCUT2D eigenvalue weighted by Gasteiger charge is 2.28. The maximum atomic E-state index is 13.0. The molecule has 2 aromatic carbocycles. The lowest BCUT2D eigenvalue weighted by Gasteiger charge is -2.31. The molecule has 0 radical (unpaired) electrons. The summed E-state index contributed by atoms with van der Waals surface area (Å²) in [5.74, 6) is 0.564. The van der Waals surface area contributed by atoms with Crippen LogP contribution in [0.2, 0.25) is 0 Å². The summed E-state index contributed by atoms with van der Waals surface area (Å²) in [6.07, 6.45) is 0.990.